The lowest BCUT2D eigenvalue weighted by Crippen LogP contribution is -2.37. The molecule has 104 heavy (non-hydrogen) atoms. The van der Waals surface area contributed by atoms with Gasteiger partial charge >= 0.3 is 0 Å². The molecule has 9 heterocycles. The Bertz CT molecular complexity index is 5210. The Labute approximate surface area is 636 Å². The molecule has 5 amide bonds. The molecule has 0 saturated carbocycles. The van der Waals surface area contributed by atoms with Crippen LogP contribution in [0.2, 0.25) is 0 Å². The number of aromatic nitrogens is 5. The number of nitrogens with zero attached hydrogens (tertiary/aromatic N) is 6. The first kappa shape index (κ1) is 72.6. The minimum absolute atomic E-state index is 0.00323. The number of rotatable bonds is 13. The highest BCUT2D eigenvalue weighted by Gasteiger charge is 2.33. The van der Waals surface area contributed by atoms with Gasteiger partial charge in [0.25, 0.3) is 0 Å². The van der Waals surface area contributed by atoms with E-state index < -0.39 is 0 Å². The first-order valence-electron chi connectivity index (χ1n) is 35.0. The number of hydrogen-bond acceptors (Lipinski definition) is 20. The highest BCUT2D eigenvalue weighted by molar-refractivity contribution is 7.25. The maximum Gasteiger partial charge on any atom is 0.221 e. The maximum absolute atomic E-state index is 11.9. The summed E-state index contributed by atoms with van der Waals surface area (Å²) in [6, 6.07) is 38.0. The van der Waals surface area contributed by atoms with Crippen LogP contribution in [0.4, 0.5) is 20.0 Å². The van der Waals surface area contributed by atoms with Crippen LogP contribution < -0.4 is 31.9 Å². The van der Waals surface area contributed by atoms with E-state index >= 15 is 0 Å². The van der Waals surface area contributed by atoms with Crippen molar-refractivity contribution in [3.8, 4) is 42.3 Å². The molecular weight excluding hydrogens is 1450 g/mol. The highest BCUT2D eigenvalue weighted by Crippen LogP contribution is 2.51. The molecule has 0 saturated heterocycles. The molecule has 13 aromatic rings. The number of pyridine rings is 1. The molecule has 17 rings (SSSR count). The van der Waals surface area contributed by atoms with E-state index in [0.717, 1.165) is 172 Å². The molecular formula is C79H80N12O5S8. The van der Waals surface area contributed by atoms with Crippen LogP contribution in [-0.4, -0.2) is 91.6 Å². The number of anilines is 4. The van der Waals surface area contributed by atoms with Crippen molar-refractivity contribution in [3.63, 3.8) is 0 Å². The smallest absolute Gasteiger partial charge is 0.221 e. The van der Waals surface area contributed by atoms with Crippen molar-refractivity contribution in [1.82, 2.24) is 40.5 Å². The standard InChI is InChI=1S/C23H22N4OS2.C19H19N3O2S2.C19H21N3OS2.C18H18N2OS2/c1-14(28)26-22-21(23-27-18-4-2-3-5-19(18)29-23)17-7-6-16(12-20(17)30-22)25-13-15-8-10-24-11-9-15;1-10(23)20-12-7-8-13-16(9-12)26-18(21-11(2)24)17(13)19-22-14-5-3-4-6-15(14)25-19;1-11(23)20-18-17(19-21-14-6-4-5-7-15(14)24-19)13-9-8-12(22(2)3)10-16(13)25-18;1-10-7-8-12-15(9-10)23-17(19-11(2)21)16(12)18-20-13-5-3-4-6-14(13)22-18/h2-5,8-11,16,25H,6-7,12-13H2,1H3,(H,26,28);3-6,12H,7-9H2,1-2H3,(H,20,23)(H,21,24);4-7,12H,8-10H2,1-3H3,(H,20,23);3-6,10H,7-9H2,1-2H3,(H,19,21). The van der Waals surface area contributed by atoms with Gasteiger partial charge in [0.15, 0.2) is 0 Å². The molecule has 4 aliphatic rings. The summed E-state index contributed by atoms with van der Waals surface area (Å²) in [7, 11) is 4.29. The molecule has 4 unspecified atom stereocenters. The number of thiazole rings is 4. The Morgan fingerprint density at radius 1 is 0.404 bits per heavy atom. The topological polar surface area (TPSA) is 225 Å². The number of para-hydroxylation sites is 4. The van der Waals surface area contributed by atoms with Gasteiger partial charge in [-0.05, 0) is 179 Å². The molecule has 0 radical (unpaired) electrons. The van der Waals surface area contributed by atoms with Crippen LogP contribution in [0, 0.1) is 5.92 Å². The molecule has 4 aromatic carbocycles. The third kappa shape index (κ3) is 16.5. The van der Waals surface area contributed by atoms with Gasteiger partial charge in [0, 0.05) is 120 Å². The minimum atomic E-state index is -0.0793. The van der Waals surface area contributed by atoms with Gasteiger partial charge in [0.1, 0.15) is 40.0 Å². The van der Waals surface area contributed by atoms with E-state index in [0.29, 0.717) is 12.1 Å². The van der Waals surface area contributed by atoms with Crippen molar-refractivity contribution in [2.75, 3.05) is 35.4 Å². The van der Waals surface area contributed by atoms with Crippen LogP contribution in [0.15, 0.2) is 122 Å². The largest absolute Gasteiger partial charge is 0.353 e. The second kappa shape index (κ2) is 32.2. The molecule has 4 atom stereocenters. The van der Waals surface area contributed by atoms with Crippen LogP contribution >= 0.6 is 90.7 Å². The van der Waals surface area contributed by atoms with Crippen molar-refractivity contribution in [2.24, 2.45) is 5.92 Å². The molecule has 0 aliphatic heterocycles. The fourth-order valence-corrected chi connectivity index (χ4v) is 24.1. The van der Waals surface area contributed by atoms with Crippen molar-refractivity contribution in [2.45, 2.75) is 143 Å². The Hall–Kier alpha value is -8.34. The molecule has 9 aromatic heterocycles. The molecule has 0 fully saturated rings. The summed E-state index contributed by atoms with van der Waals surface area (Å²) in [6.45, 7) is 10.9. The monoisotopic (exact) mass is 1530 g/mol. The number of hydrogen-bond donors (Lipinski definition) is 6. The van der Waals surface area contributed by atoms with E-state index in [2.05, 4.69) is 87.1 Å². The normalized spacial score (nSPS) is 16.5. The summed E-state index contributed by atoms with van der Waals surface area (Å²) in [5.74, 6) is 0.565. The predicted molar refractivity (Wildman–Crippen MR) is 436 cm³/mol. The Kier molecular flexibility index (Phi) is 22.5. The molecule has 4 aliphatic carbocycles. The van der Waals surface area contributed by atoms with Gasteiger partial charge in [-0.1, -0.05) is 55.5 Å². The number of benzene rings is 4. The first-order valence-corrected chi connectivity index (χ1v) is 41.5. The van der Waals surface area contributed by atoms with Crippen molar-refractivity contribution in [1.29, 1.82) is 0 Å². The van der Waals surface area contributed by atoms with Crippen LogP contribution in [-0.2, 0) is 81.9 Å². The average Bonchev–Trinajstić information content (AvgIpc) is 1.63. The number of likely N-dealkylation sites (N-methyl/N-ethyl adjacent to an activating group) is 1. The lowest BCUT2D eigenvalue weighted by atomic mass is 9.88. The summed E-state index contributed by atoms with van der Waals surface area (Å²) >= 11 is 13.6. The van der Waals surface area contributed by atoms with E-state index in [-0.39, 0.29) is 35.6 Å². The summed E-state index contributed by atoms with van der Waals surface area (Å²) < 4.78 is 4.70. The number of fused-ring (bicyclic) bond motifs is 8. The third-order valence-corrected chi connectivity index (χ3v) is 27.8. The zero-order chi connectivity index (χ0) is 72.3. The minimum Gasteiger partial charge on any atom is -0.353 e. The van der Waals surface area contributed by atoms with Gasteiger partial charge in [-0.3, -0.25) is 29.0 Å². The van der Waals surface area contributed by atoms with E-state index in [9.17, 15) is 24.0 Å². The van der Waals surface area contributed by atoms with Gasteiger partial charge in [-0.25, -0.2) is 19.9 Å². The van der Waals surface area contributed by atoms with E-state index in [4.69, 9.17) is 19.9 Å². The summed E-state index contributed by atoms with van der Waals surface area (Å²) in [6.07, 6.45) is 15.9. The van der Waals surface area contributed by atoms with Crippen molar-refractivity contribution in [3.05, 3.63) is 169 Å². The van der Waals surface area contributed by atoms with Gasteiger partial charge in [0.2, 0.25) is 29.5 Å². The van der Waals surface area contributed by atoms with Crippen LogP contribution in [0.1, 0.15) is 115 Å². The zero-order valence-electron chi connectivity index (χ0n) is 59.0. The van der Waals surface area contributed by atoms with Gasteiger partial charge in [-0.15, -0.1) is 90.7 Å². The number of thiophene rings is 4. The lowest BCUT2D eigenvalue weighted by molar-refractivity contribution is -0.120. The first-order chi connectivity index (χ1) is 50.3. The van der Waals surface area contributed by atoms with E-state index in [1.54, 1.807) is 118 Å². The summed E-state index contributed by atoms with van der Waals surface area (Å²) in [5.41, 5.74) is 15.2. The number of nitrogens with one attached hydrogen (secondary N) is 6. The Balaban J connectivity index is 0.000000118. The van der Waals surface area contributed by atoms with Gasteiger partial charge in [0.05, 0.1) is 40.9 Å². The SMILES string of the molecule is CC(=O)Nc1sc2c(c1-c1nc3ccccc3s1)CCC(C)C2.CC(=O)Nc1sc2c(c1-c1nc3ccccc3s1)CCC(N(C)C)C2.CC(=O)Nc1sc2c(c1-c1nc3ccccc3s1)CCC(NC(C)=O)C2.CC(=O)Nc1sc2c(c1-c1nc3ccccc3s1)CCC(NCc1ccncc1)C2. The van der Waals surface area contributed by atoms with Crippen LogP contribution in [0.5, 0.6) is 0 Å². The highest BCUT2D eigenvalue weighted by atomic mass is 32.1. The summed E-state index contributed by atoms with van der Waals surface area (Å²) in [5, 5.41) is 26.6. The van der Waals surface area contributed by atoms with Crippen molar-refractivity contribution >= 4 is 181 Å². The fraction of sp³-hybridized carbons (Fsp3) is 0.316. The second-order valence-electron chi connectivity index (χ2n) is 27.0. The molecule has 17 nitrogen and oxygen atoms in total. The molecule has 0 spiro atoms. The third-order valence-electron chi connectivity index (χ3n) is 19.0. The number of carbonyl (C=O) groups is 5. The van der Waals surface area contributed by atoms with Crippen LogP contribution in [0.25, 0.3) is 83.2 Å². The zero-order valence-corrected chi connectivity index (χ0v) is 65.6. The predicted octanol–water partition coefficient (Wildman–Crippen LogP) is 18.5. The Morgan fingerprint density at radius 3 is 1.11 bits per heavy atom. The van der Waals surface area contributed by atoms with E-state index in [1.165, 1.54) is 74.8 Å². The molecule has 6 N–H and O–H groups in total. The number of amides is 5. The Morgan fingerprint density at radius 2 is 0.740 bits per heavy atom. The lowest BCUT2D eigenvalue weighted by Gasteiger charge is -2.28. The molecule has 0 bridgehead atoms. The maximum atomic E-state index is 11.9. The second-order valence-corrected chi connectivity index (χ2v) is 35.6. The van der Waals surface area contributed by atoms with Gasteiger partial charge < -0.3 is 36.8 Å². The van der Waals surface area contributed by atoms with Crippen molar-refractivity contribution < 1.29 is 24.0 Å². The summed E-state index contributed by atoms with van der Waals surface area (Å²) in [4.78, 5) is 89.5. The molecule has 534 valence electrons. The fourth-order valence-electron chi connectivity index (χ4n) is 14.1. The average molecular weight is 1530 g/mol. The van der Waals surface area contributed by atoms with Gasteiger partial charge in [-0.2, -0.15) is 0 Å². The quantitative estimate of drug-likeness (QED) is 0.0634. The van der Waals surface area contributed by atoms with Crippen LogP contribution in [0.3, 0.4) is 0 Å². The van der Waals surface area contributed by atoms with E-state index in [1.807, 2.05) is 97.3 Å². The molecule has 25 heteroatoms. The number of carbonyl (C=O) groups excluding carboxylic acids is 5.